The lowest BCUT2D eigenvalue weighted by atomic mass is 10.0. The Balaban J connectivity index is 2.26. The number of hydrogen-bond acceptors (Lipinski definition) is 4. The maximum atomic E-state index is 12.4. The van der Waals surface area contributed by atoms with Crippen LogP contribution in [0.15, 0.2) is 35.2 Å². The molecule has 114 valence electrons. The Kier molecular flexibility index (Phi) is 4.70. The number of nitrogens with one attached hydrogen (secondary N) is 1. The van der Waals surface area contributed by atoms with E-state index in [-0.39, 0.29) is 0 Å². The molecule has 0 aliphatic heterocycles. The monoisotopic (exact) mass is 324 g/mol. The predicted molar refractivity (Wildman–Crippen MR) is 88.3 cm³/mol. The van der Waals surface area contributed by atoms with Crippen LogP contribution in [-0.2, 0) is 16.6 Å². The lowest BCUT2D eigenvalue weighted by Gasteiger charge is -2.10. The molecule has 6 heteroatoms. The molecule has 2 rings (SSSR count). The molecule has 0 aliphatic rings. The summed E-state index contributed by atoms with van der Waals surface area (Å²) in [4.78, 5) is 1.92. The van der Waals surface area contributed by atoms with Crippen molar-refractivity contribution in [3.63, 3.8) is 0 Å². The number of anilines is 1. The van der Waals surface area contributed by atoms with Gasteiger partial charge in [0, 0.05) is 22.0 Å². The molecule has 0 atom stereocenters. The Morgan fingerprint density at radius 3 is 2.33 bits per heavy atom. The van der Waals surface area contributed by atoms with E-state index in [0.717, 1.165) is 9.75 Å². The van der Waals surface area contributed by atoms with Crippen LogP contribution in [0.5, 0.6) is 0 Å². The van der Waals surface area contributed by atoms with E-state index in [1.165, 1.54) is 16.9 Å². The number of thiophene rings is 1. The summed E-state index contributed by atoms with van der Waals surface area (Å²) in [6.07, 6.45) is 0. The number of nitrogens with two attached hydrogens (primary N) is 1. The molecule has 0 bridgehead atoms. The van der Waals surface area contributed by atoms with Crippen LogP contribution in [0.4, 0.5) is 5.69 Å². The Morgan fingerprint density at radius 2 is 1.86 bits per heavy atom. The first kappa shape index (κ1) is 16.0. The van der Waals surface area contributed by atoms with Gasteiger partial charge >= 0.3 is 0 Å². The van der Waals surface area contributed by atoms with Gasteiger partial charge in [0.05, 0.1) is 0 Å². The molecule has 1 aromatic carbocycles. The van der Waals surface area contributed by atoms with E-state index in [1.54, 1.807) is 25.1 Å². The average Bonchev–Trinajstić information content (AvgIpc) is 2.81. The van der Waals surface area contributed by atoms with Crippen molar-refractivity contribution in [2.75, 3.05) is 4.72 Å². The van der Waals surface area contributed by atoms with Gasteiger partial charge in [0.15, 0.2) is 0 Å². The molecule has 1 aromatic heterocycles. The number of aryl methyl sites for hydroxylation is 1. The summed E-state index contributed by atoms with van der Waals surface area (Å²) in [6.45, 7) is 6.34. The Hall–Kier alpha value is -1.37. The van der Waals surface area contributed by atoms with Crippen LogP contribution in [0.1, 0.15) is 35.1 Å². The zero-order chi connectivity index (χ0) is 15.6. The summed E-state index contributed by atoms with van der Waals surface area (Å²) in [6, 6.07) is 9.10. The quantitative estimate of drug-likeness (QED) is 0.885. The van der Waals surface area contributed by atoms with Crippen molar-refractivity contribution in [2.24, 2.45) is 5.73 Å². The second kappa shape index (κ2) is 6.17. The van der Waals surface area contributed by atoms with Gasteiger partial charge in [-0.05, 0) is 36.6 Å². The average molecular weight is 324 g/mol. The molecule has 0 unspecified atom stereocenters. The highest BCUT2D eigenvalue weighted by atomic mass is 32.2. The smallest absolute Gasteiger partial charge is 0.263 e. The van der Waals surface area contributed by atoms with Crippen LogP contribution >= 0.6 is 11.3 Å². The molecule has 0 aliphatic carbocycles. The fraction of sp³-hybridized carbons (Fsp3) is 0.333. The van der Waals surface area contributed by atoms with E-state index in [0.29, 0.717) is 23.0 Å². The molecule has 1 heterocycles. The molecule has 21 heavy (non-hydrogen) atoms. The normalized spacial score (nSPS) is 11.9. The minimum atomic E-state index is -3.56. The van der Waals surface area contributed by atoms with Gasteiger partial charge in [-0.15, -0.1) is 11.3 Å². The predicted octanol–water partition coefficient (Wildman–Crippen LogP) is 3.44. The second-order valence-corrected chi connectivity index (χ2v) is 8.21. The molecule has 0 spiro atoms. The Labute approximate surface area is 130 Å². The summed E-state index contributed by atoms with van der Waals surface area (Å²) in [5, 5.41) is 0. The third-order valence-corrected chi connectivity index (χ3v) is 5.95. The van der Waals surface area contributed by atoms with Crippen molar-refractivity contribution in [3.8, 4) is 0 Å². The van der Waals surface area contributed by atoms with E-state index in [2.05, 4.69) is 18.6 Å². The third-order valence-electron chi connectivity index (χ3n) is 3.24. The number of hydrogen-bond donors (Lipinski definition) is 2. The molecule has 0 saturated heterocycles. The number of rotatable bonds is 5. The number of benzene rings is 1. The first-order valence-electron chi connectivity index (χ1n) is 6.75. The Bertz CT molecular complexity index is 717. The Morgan fingerprint density at radius 1 is 1.24 bits per heavy atom. The molecule has 0 amide bonds. The van der Waals surface area contributed by atoms with Gasteiger partial charge < -0.3 is 5.73 Å². The van der Waals surface area contributed by atoms with Crippen LogP contribution in [-0.4, -0.2) is 8.42 Å². The number of sulfonamides is 1. The van der Waals surface area contributed by atoms with Gasteiger partial charge in [0.25, 0.3) is 10.0 Å². The van der Waals surface area contributed by atoms with E-state index in [4.69, 9.17) is 5.73 Å². The van der Waals surface area contributed by atoms with Crippen molar-refractivity contribution in [3.05, 3.63) is 45.6 Å². The molecule has 0 saturated carbocycles. The zero-order valence-corrected chi connectivity index (χ0v) is 14.0. The van der Waals surface area contributed by atoms with Gasteiger partial charge in [0.2, 0.25) is 0 Å². The molecule has 0 radical (unpaired) electrons. The molecule has 0 fully saturated rings. The summed E-state index contributed by atoms with van der Waals surface area (Å²) in [5.74, 6) is 0.418. The fourth-order valence-electron chi connectivity index (χ4n) is 2.04. The van der Waals surface area contributed by atoms with Crippen LogP contribution in [0.25, 0.3) is 0 Å². The molecular weight excluding hydrogens is 304 g/mol. The molecule has 4 nitrogen and oxygen atoms in total. The van der Waals surface area contributed by atoms with Crippen molar-refractivity contribution >= 4 is 27.0 Å². The van der Waals surface area contributed by atoms with Crippen LogP contribution in [0.2, 0.25) is 0 Å². The summed E-state index contributed by atoms with van der Waals surface area (Å²) in [7, 11) is -3.56. The highest BCUT2D eigenvalue weighted by molar-refractivity contribution is 7.93. The topological polar surface area (TPSA) is 72.2 Å². The summed E-state index contributed by atoms with van der Waals surface area (Å²) in [5.41, 5.74) is 7.31. The van der Waals surface area contributed by atoms with Gasteiger partial charge in [-0.3, -0.25) is 4.72 Å². The van der Waals surface area contributed by atoms with Crippen LogP contribution in [0, 0.1) is 6.92 Å². The zero-order valence-electron chi connectivity index (χ0n) is 12.4. The maximum absolute atomic E-state index is 12.4. The van der Waals surface area contributed by atoms with Crippen molar-refractivity contribution < 1.29 is 8.42 Å². The van der Waals surface area contributed by atoms with Gasteiger partial charge in [-0.1, -0.05) is 26.0 Å². The largest absolute Gasteiger partial charge is 0.326 e. The van der Waals surface area contributed by atoms with Gasteiger partial charge in [0.1, 0.15) is 4.90 Å². The van der Waals surface area contributed by atoms with Crippen LogP contribution in [0.3, 0.4) is 0 Å². The lowest BCUT2D eigenvalue weighted by molar-refractivity contribution is 0.601. The van der Waals surface area contributed by atoms with Crippen molar-refractivity contribution in [1.29, 1.82) is 0 Å². The van der Waals surface area contributed by atoms with E-state index >= 15 is 0 Å². The minimum absolute atomic E-state index is 0.306. The third kappa shape index (κ3) is 3.64. The molecular formula is C15H20N2O2S2. The van der Waals surface area contributed by atoms with E-state index in [1.807, 2.05) is 12.1 Å². The first-order valence-corrected chi connectivity index (χ1v) is 9.05. The highest BCUT2D eigenvalue weighted by Crippen LogP contribution is 2.27. The lowest BCUT2D eigenvalue weighted by Crippen LogP contribution is -2.13. The minimum Gasteiger partial charge on any atom is -0.326 e. The fourth-order valence-corrected chi connectivity index (χ4v) is 4.61. The standard InChI is InChI=1S/C15H20N2O2S2/c1-10(2)12-4-6-13(7-5-12)17-21(18,19)15-8-14(9-16)20-11(15)3/h4-8,10,17H,9,16H2,1-3H3. The second-order valence-electron chi connectivity index (χ2n) is 5.22. The van der Waals surface area contributed by atoms with E-state index in [9.17, 15) is 8.42 Å². The van der Waals surface area contributed by atoms with E-state index < -0.39 is 10.0 Å². The van der Waals surface area contributed by atoms with Crippen molar-refractivity contribution in [2.45, 2.75) is 38.1 Å². The maximum Gasteiger partial charge on any atom is 0.263 e. The highest BCUT2D eigenvalue weighted by Gasteiger charge is 2.19. The summed E-state index contributed by atoms with van der Waals surface area (Å²) >= 11 is 1.41. The summed E-state index contributed by atoms with van der Waals surface area (Å²) < 4.78 is 27.5. The molecule has 2 aromatic rings. The molecule has 3 N–H and O–H groups in total. The SMILES string of the molecule is Cc1sc(CN)cc1S(=O)(=O)Nc1ccc(C(C)C)cc1. The van der Waals surface area contributed by atoms with Crippen molar-refractivity contribution in [1.82, 2.24) is 0 Å². The van der Waals surface area contributed by atoms with Gasteiger partial charge in [-0.2, -0.15) is 0 Å². The van der Waals surface area contributed by atoms with Gasteiger partial charge in [-0.25, -0.2) is 8.42 Å². The van der Waals surface area contributed by atoms with Crippen LogP contribution < -0.4 is 10.5 Å². The first-order chi connectivity index (χ1) is 9.83.